The fraction of sp³-hybridized carbons (Fsp3) is 0.0500. The number of aromatic nitrogens is 2. The molecule has 8 heteroatoms. The van der Waals surface area contributed by atoms with E-state index in [4.69, 9.17) is 0 Å². The molecule has 28 heavy (non-hydrogen) atoms. The molecular weight excluding hydrogens is 400 g/mol. The molecule has 0 radical (unpaired) electrons. The van der Waals surface area contributed by atoms with Crippen LogP contribution in [-0.4, -0.2) is 15.9 Å². The van der Waals surface area contributed by atoms with Crippen LogP contribution in [0.1, 0.15) is 10.6 Å². The predicted molar refractivity (Wildman–Crippen MR) is 108 cm³/mol. The molecule has 0 saturated heterocycles. The summed E-state index contributed by atoms with van der Waals surface area (Å²) in [5.74, 6) is -1.75. The molecule has 0 aliphatic carbocycles. The van der Waals surface area contributed by atoms with Crippen LogP contribution >= 0.6 is 22.7 Å². The molecule has 4 nitrogen and oxygen atoms in total. The van der Waals surface area contributed by atoms with Crippen LogP contribution in [0.3, 0.4) is 0 Å². The number of pyridine rings is 1. The van der Waals surface area contributed by atoms with Crippen molar-refractivity contribution in [3.05, 3.63) is 82.3 Å². The van der Waals surface area contributed by atoms with Gasteiger partial charge in [0, 0.05) is 23.2 Å². The first-order valence-corrected chi connectivity index (χ1v) is 9.98. The number of thiophene rings is 1. The molecule has 1 amide bonds. The number of amides is 1. The molecule has 0 fully saturated rings. The standard InChI is InChI=1S/C20H13F2N3OS2/c21-13-10-16(22)19-17(11-13)28-20(24-19)25(12-14-4-1-2-8-23-14)18(26)7-6-15-5-3-9-27-15/h1-11H,12H2/b7-6+. The van der Waals surface area contributed by atoms with Gasteiger partial charge in [-0.1, -0.05) is 23.5 Å². The molecule has 0 saturated carbocycles. The Morgan fingerprint density at radius 2 is 2.07 bits per heavy atom. The van der Waals surface area contributed by atoms with Gasteiger partial charge < -0.3 is 0 Å². The van der Waals surface area contributed by atoms with Crippen molar-refractivity contribution in [1.29, 1.82) is 0 Å². The summed E-state index contributed by atoms with van der Waals surface area (Å²) >= 11 is 2.57. The number of rotatable bonds is 5. The highest BCUT2D eigenvalue weighted by atomic mass is 32.1. The number of nitrogens with zero attached hydrogens (tertiary/aromatic N) is 3. The van der Waals surface area contributed by atoms with E-state index < -0.39 is 11.6 Å². The van der Waals surface area contributed by atoms with Crippen LogP contribution in [0.4, 0.5) is 13.9 Å². The van der Waals surface area contributed by atoms with Gasteiger partial charge in [0.15, 0.2) is 10.9 Å². The van der Waals surface area contributed by atoms with Crippen molar-refractivity contribution in [1.82, 2.24) is 9.97 Å². The first-order valence-electron chi connectivity index (χ1n) is 8.29. The fourth-order valence-electron chi connectivity index (χ4n) is 2.58. The van der Waals surface area contributed by atoms with Crippen molar-refractivity contribution in [3.63, 3.8) is 0 Å². The SMILES string of the molecule is O=C(/C=C/c1cccs1)N(Cc1ccccn1)c1nc2c(F)cc(F)cc2s1. The molecule has 0 bridgehead atoms. The lowest BCUT2D eigenvalue weighted by Gasteiger charge is -2.17. The van der Waals surface area contributed by atoms with E-state index in [9.17, 15) is 13.6 Å². The minimum Gasteiger partial charge on any atom is -0.278 e. The Morgan fingerprint density at radius 1 is 1.18 bits per heavy atom. The van der Waals surface area contributed by atoms with Gasteiger partial charge in [0.1, 0.15) is 11.3 Å². The summed E-state index contributed by atoms with van der Waals surface area (Å²) in [5.41, 5.74) is 0.703. The highest BCUT2D eigenvalue weighted by molar-refractivity contribution is 7.22. The number of halogens is 2. The monoisotopic (exact) mass is 413 g/mol. The molecule has 3 heterocycles. The van der Waals surface area contributed by atoms with Gasteiger partial charge >= 0.3 is 0 Å². The Balaban J connectivity index is 1.72. The molecule has 4 rings (SSSR count). The van der Waals surface area contributed by atoms with Gasteiger partial charge in [-0.25, -0.2) is 13.8 Å². The summed E-state index contributed by atoms with van der Waals surface area (Å²) in [7, 11) is 0. The molecule has 4 aromatic rings. The van der Waals surface area contributed by atoms with Gasteiger partial charge in [0.25, 0.3) is 5.91 Å². The second-order valence-corrected chi connectivity index (χ2v) is 7.81. The molecule has 0 aliphatic rings. The summed E-state index contributed by atoms with van der Waals surface area (Å²) in [4.78, 5) is 23.7. The smallest absolute Gasteiger partial charge is 0.253 e. The third kappa shape index (κ3) is 3.97. The highest BCUT2D eigenvalue weighted by Gasteiger charge is 2.20. The van der Waals surface area contributed by atoms with Crippen molar-refractivity contribution in [2.24, 2.45) is 0 Å². The predicted octanol–water partition coefficient (Wildman–Crippen LogP) is 5.28. The van der Waals surface area contributed by atoms with Gasteiger partial charge in [-0.05, 0) is 35.7 Å². The lowest BCUT2D eigenvalue weighted by molar-refractivity contribution is -0.114. The number of fused-ring (bicyclic) bond motifs is 1. The molecule has 1 aromatic carbocycles. The third-order valence-electron chi connectivity index (χ3n) is 3.88. The summed E-state index contributed by atoms with van der Waals surface area (Å²) < 4.78 is 27.9. The number of thiazole rings is 1. The summed E-state index contributed by atoms with van der Waals surface area (Å²) in [6.07, 6.45) is 4.79. The van der Waals surface area contributed by atoms with Crippen molar-refractivity contribution >= 4 is 50.0 Å². The topological polar surface area (TPSA) is 46.1 Å². The van der Waals surface area contributed by atoms with Crippen LogP contribution in [0.25, 0.3) is 16.3 Å². The number of anilines is 1. The van der Waals surface area contributed by atoms with Crippen LogP contribution in [0.5, 0.6) is 0 Å². The van der Waals surface area contributed by atoms with Crippen molar-refractivity contribution in [3.8, 4) is 0 Å². The zero-order valence-corrected chi connectivity index (χ0v) is 16.0. The molecular formula is C20H13F2N3OS2. The summed E-state index contributed by atoms with van der Waals surface area (Å²) in [5, 5.41) is 2.20. The lowest BCUT2D eigenvalue weighted by Crippen LogP contribution is -2.29. The van der Waals surface area contributed by atoms with E-state index in [1.165, 1.54) is 28.4 Å². The lowest BCUT2D eigenvalue weighted by atomic mass is 10.3. The van der Waals surface area contributed by atoms with Crippen LogP contribution in [0.2, 0.25) is 0 Å². The molecule has 0 atom stereocenters. The Morgan fingerprint density at radius 3 is 2.82 bits per heavy atom. The van der Waals surface area contributed by atoms with Gasteiger partial charge in [0.05, 0.1) is 16.9 Å². The van der Waals surface area contributed by atoms with E-state index in [0.717, 1.165) is 22.3 Å². The Hall–Kier alpha value is -2.97. The van der Waals surface area contributed by atoms with Crippen LogP contribution in [0.15, 0.2) is 60.1 Å². The number of benzene rings is 1. The van der Waals surface area contributed by atoms with E-state index in [-0.39, 0.29) is 23.1 Å². The van der Waals surface area contributed by atoms with Crippen molar-refractivity contribution < 1.29 is 13.6 Å². The number of hydrogen-bond acceptors (Lipinski definition) is 5. The van der Waals surface area contributed by atoms with E-state index in [1.807, 2.05) is 23.6 Å². The highest BCUT2D eigenvalue weighted by Crippen LogP contribution is 2.32. The number of hydrogen-bond donors (Lipinski definition) is 0. The van der Waals surface area contributed by atoms with E-state index in [2.05, 4.69) is 9.97 Å². The number of carbonyl (C=O) groups excluding carboxylic acids is 1. The van der Waals surface area contributed by atoms with Gasteiger partial charge in [-0.3, -0.25) is 14.7 Å². The number of carbonyl (C=O) groups is 1. The maximum Gasteiger partial charge on any atom is 0.253 e. The maximum absolute atomic E-state index is 14.1. The quantitative estimate of drug-likeness (QED) is 0.418. The van der Waals surface area contributed by atoms with Gasteiger partial charge in [0.2, 0.25) is 0 Å². The molecule has 140 valence electrons. The second kappa shape index (κ2) is 7.95. The minimum absolute atomic E-state index is 0.0439. The molecule has 3 aromatic heterocycles. The van der Waals surface area contributed by atoms with Gasteiger partial charge in [-0.2, -0.15) is 0 Å². The minimum atomic E-state index is -0.753. The van der Waals surface area contributed by atoms with E-state index in [0.29, 0.717) is 10.4 Å². The van der Waals surface area contributed by atoms with E-state index >= 15 is 0 Å². The summed E-state index contributed by atoms with van der Waals surface area (Å²) in [6.45, 7) is 0.165. The zero-order chi connectivity index (χ0) is 19.5. The third-order valence-corrected chi connectivity index (χ3v) is 5.74. The first kappa shape index (κ1) is 18.4. The Labute approximate surface area is 167 Å². The Bertz CT molecular complexity index is 1140. The van der Waals surface area contributed by atoms with Crippen molar-refractivity contribution in [2.75, 3.05) is 4.90 Å². The zero-order valence-electron chi connectivity index (χ0n) is 14.4. The van der Waals surface area contributed by atoms with Crippen LogP contribution in [0, 0.1) is 11.6 Å². The first-order chi connectivity index (χ1) is 13.6. The van der Waals surface area contributed by atoms with Gasteiger partial charge in [-0.15, -0.1) is 11.3 Å². The van der Waals surface area contributed by atoms with Crippen LogP contribution < -0.4 is 4.90 Å². The largest absolute Gasteiger partial charge is 0.278 e. The average Bonchev–Trinajstić information content (AvgIpc) is 3.34. The summed E-state index contributed by atoms with van der Waals surface area (Å²) in [6, 6.07) is 11.2. The van der Waals surface area contributed by atoms with Crippen molar-refractivity contribution in [2.45, 2.75) is 6.54 Å². The maximum atomic E-state index is 14.1. The fourth-order valence-corrected chi connectivity index (χ4v) is 4.21. The molecule has 0 spiro atoms. The molecule has 0 aliphatic heterocycles. The average molecular weight is 413 g/mol. The normalized spacial score (nSPS) is 11.4. The van der Waals surface area contributed by atoms with Crippen LogP contribution in [-0.2, 0) is 11.3 Å². The second-order valence-electron chi connectivity index (χ2n) is 5.83. The van der Waals surface area contributed by atoms with E-state index in [1.54, 1.807) is 24.4 Å². The Kier molecular flexibility index (Phi) is 5.23. The molecule has 0 unspecified atom stereocenters. The molecule has 0 N–H and O–H groups in total.